The molecule has 17 heavy (non-hydrogen) atoms. The van der Waals surface area contributed by atoms with Crippen LogP contribution in [0.2, 0.25) is 0 Å². The lowest BCUT2D eigenvalue weighted by molar-refractivity contribution is 0.414. The first-order valence-corrected chi connectivity index (χ1v) is 6.86. The molecule has 0 spiro atoms. The van der Waals surface area contributed by atoms with Crippen LogP contribution in [0, 0.1) is 6.92 Å². The zero-order chi connectivity index (χ0) is 12.4. The molecular weight excluding hydrogens is 348 g/mol. The van der Waals surface area contributed by atoms with E-state index >= 15 is 0 Å². The van der Waals surface area contributed by atoms with Gasteiger partial charge in [0.15, 0.2) is 4.67 Å². The lowest BCUT2D eigenvalue weighted by atomic mass is 10.0. The fourth-order valence-electron chi connectivity index (χ4n) is 1.68. The maximum absolute atomic E-state index is 5.55. The Labute approximate surface area is 117 Å². The highest BCUT2D eigenvalue weighted by Crippen LogP contribution is 2.35. The van der Waals surface area contributed by atoms with E-state index in [1.54, 1.807) is 7.11 Å². The van der Waals surface area contributed by atoms with Crippen molar-refractivity contribution in [2.24, 2.45) is 0 Å². The minimum absolute atomic E-state index is 0.0553. The van der Waals surface area contributed by atoms with Gasteiger partial charge in [0.05, 0.1) is 11.9 Å². The van der Waals surface area contributed by atoms with Gasteiger partial charge in [0.25, 0.3) is 0 Å². The lowest BCUT2D eigenvalue weighted by Crippen LogP contribution is -1.95. The van der Waals surface area contributed by atoms with E-state index in [9.17, 15) is 0 Å². The Morgan fingerprint density at radius 2 is 2.00 bits per heavy atom. The molecule has 0 N–H and O–H groups in total. The Kier molecular flexibility index (Phi) is 3.94. The zero-order valence-electron chi connectivity index (χ0n) is 9.54. The highest BCUT2D eigenvalue weighted by Gasteiger charge is 2.16. The maximum atomic E-state index is 5.55. The monoisotopic (exact) mass is 358 g/mol. The summed E-state index contributed by atoms with van der Waals surface area (Å²) in [5, 5.41) is 0. The van der Waals surface area contributed by atoms with Crippen LogP contribution in [0.25, 0.3) is 0 Å². The van der Waals surface area contributed by atoms with Gasteiger partial charge in [0.1, 0.15) is 11.5 Å². The smallest absolute Gasteiger partial charge is 0.169 e. The number of halogens is 2. The molecule has 1 heterocycles. The molecule has 90 valence electrons. The van der Waals surface area contributed by atoms with Crippen LogP contribution in [0.3, 0.4) is 0 Å². The first-order chi connectivity index (χ1) is 8.11. The van der Waals surface area contributed by atoms with E-state index in [2.05, 4.69) is 38.8 Å². The predicted molar refractivity (Wildman–Crippen MR) is 74.9 cm³/mol. The average molecular weight is 360 g/mol. The van der Waals surface area contributed by atoms with Crippen LogP contribution in [0.1, 0.15) is 21.7 Å². The van der Waals surface area contributed by atoms with E-state index in [1.807, 2.05) is 30.3 Å². The summed E-state index contributed by atoms with van der Waals surface area (Å²) in [6.07, 6.45) is 0. The first kappa shape index (κ1) is 12.7. The summed E-state index contributed by atoms with van der Waals surface area (Å²) in [7, 11) is 1.67. The number of benzene rings is 1. The summed E-state index contributed by atoms with van der Waals surface area (Å²) in [6, 6.07) is 9.86. The van der Waals surface area contributed by atoms with Crippen molar-refractivity contribution < 1.29 is 9.15 Å². The molecule has 0 saturated carbocycles. The molecule has 2 aromatic rings. The van der Waals surface area contributed by atoms with E-state index in [1.165, 1.54) is 11.1 Å². The Hall–Kier alpha value is -0.740. The Balaban J connectivity index is 2.34. The topological polar surface area (TPSA) is 22.4 Å². The molecular formula is C13H12Br2O2. The predicted octanol–water partition coefficient (Wildman–Crippen LogP) is 4.84. The second-order valence-corrected chi connectivity index (χ2v) is 5.42. The number of alkyl halides is 1. The van der Waals surface area contributed by atoms with Crippen molar-refractivity contribution in [3.05, 3.63) is 51.9 Å². The van der Waals surface area contributed by atoms with Crippen LogP contribution in [-0.2, 0) is 0 Å². The third kappa shape index (κ3) is 2.75. The second-order valence-electron chi connectivity index (χ2n) is 3.73. The third-order valence-electron chi connectivity index (χ3n) is 2.59. The number of rotatable bonds is 3. The summed E-state index contributed by atoms with van der Waals surface area (Å²) in [6.45, 7) is 2.06. The number of hydrogen-bond donors (Lipinski definition) is 0. The van der Waals surface area contributed by atoms with Crippen molar-refractivity contribution in [1.29, 1.82) is 0 Å². The highest BCUT2D eigenvalue weighted by molar-refractivity contribution is 9.10. The molecule has 0 amide bonds. The summed E-state index contributed by atoms with van der Waals surface area (Å²) < 4.78 is 11.5. The van der Waals surface area contributed by atoms with Crippen LogP contribution in [-0.4, -0.2) is 7.11 Å². The van der Waals surface area contributed by atoms with E-state index < -0.39 is 0 Å². The number of furan rings is 1. The summed E-state index contributed by atoms with van der Waals surface area (Å²) in [4.78, 5) is 0.0553. The molecule has 0 aliphatic rings. The Morgan fingerprint density at radius 1 is 1.24 bits per heavy atom. The normalized spacial score (nSPS) is 12.5. The van der Waals surface area contributed by atoms with Gasteiger partial charge < -0.3 is 9.15 Å². The van der Waals surface area contributed by atoms with E-state index in [4.69, 9.17) is 9.15 Å². The van der Waals surface area contributed by atoms with Gasteiger partial charge in [-0.05, 0) is 58.2 Å². The van der Waals surface area contributed by atoms with Crippen molar-refractivity contribution in [2.45, 2.75) is 11.8 Å². The van der Waals surface area contributed by atoms with Gasteiger partial charge in [-0.25, -0.2) is 0 Å². The first-order valence-electron chi connectivity index (χ1n) is 5.15. The van der Waals surface area contributed by atoms with Crippen molar-refractivity contribution in [3.63, 3.8) is 0 Å². The summed E-state index contributed by atoms with van der Waals surface area (Å²) in [5.41, 5.74) is 2.34. The quantitative estimate of drug-likeness (QED) is 0.731. The number of hydrogen-bond acceptors (Lipinski definition) is 2. The molecule has 1 unspecified atom stereocenters. The summed E-state index contributed by atoms with van der Waals surface area (Å²) >= 11 is 6.96. The lowest BCUT2D eigenvalue weighted by Gasteiger charge is -2.12. The van der Waals surface area contributed by atoms with Crippen molar-refractivity contribution >= 4 is 31.9 Å². The highest BCUT2D eigenvalue weighted by atomic mass is 79.9. The second kappa shape index (κ2) is 5.27. The molecule has 0 bridgehead atoms. The molecule has 0 fully saturated rings. The third-order valence-corrected chi connectivity index (χ3v) is 3.96. The van der Waals surface area contributed by atoms with Gasteiger partial charge in [0, 0.05) is 0 Å². The van der Waals surface area contributed by atoms with E-state index in [0.29, 0.717) is 0 Å². The van der Waals surface area contributed by atoms with Gasteiger partial charge in [0.2, 0.25) is 0 Å². The maximum Gasteiger partial charge on any atom is 0.169 e. The number of ether oxygens (including phenoxy) is 1. The zero-order valence-corrected chi connectivity index (χ0v) is 12.7. The molecule has 1 atom stereocenters. The number of aryl methyl sites for hydroxylation is 1. The molecule has 2 rings (SSSR count). The molecule has 4 heteroatoms. The molecule has 2 nitrogen and oxygen atoms in total. The van der Waals surface area contributed by atoms with Gasteiger partial charge in [-0.15, -0.1) is 0 Å². The van der Waals surface area contributed by atoms with Gasteiger partial charge in [-0.3, -0.25) is 0 Å². The van der Waals surface area contributed by atoms with Crippen LogP contribution in [0.15, 0.2) is 39.4 Å². The SMILES string of the molecule is COc1ccc(C(Br)c2ccc(Br)o2)c(C)c1. The van der Waals surface area contributed by atoms with Crippen LogP contribution >= 0.6 is 31.9 Å². The summed E-state index contributed by atoms with van der Waals surface area (Å²) in [5.74, 6) is 1.75. The molecule has 0 aliphatic carbocycles. The molecule has 0 saturated heterocycles. The molecule has 0 radical (unpaired) electrons. The van der Waals surface area contributed by atoms with Crippen LogP contribution < -0.4 is 4.74 Å². The van der Waals surface area contributed by atoms with Crippen molar-refractivity contribution in [3.8, 4) is 5.75 Å². The molecule has 1 aromatic heterocycles. The van der Waals surface area contributed by atoms with Gasteiger partial charge >= 0.3 is 0 Å². The minimum Gasteiger partial charge on any atom is -0.497 e. The van der Waals surface area contributed by atoms with Crippen LogP contribution in [0.4, 0.5) is 0 Å². The van der Waals surface area contributed by atoms with Crippen molar-refractivity contribution in [2.75, 3.05) is 7.11 Å². The number of methoxy groups -OCH3 is 1. The Morgan fingerprint density at radius 3 is 2.53 bits per heavy atom. The standard InChI is InChI=1S/C13H12Br2O2/c1-8-7-9(16-2)3-4-10(8)13(15)11-5-6-12(14)17-11/h3-7,13H,1-2H3. The van der Waals surface area contributed by atoms with Crippen molar-refractivity contribution in [1.82, 2.24) is 0 Å². The van der Waals surface area contributed by atoms with E-state index in [-0.39, 0.29) is 4.83 Å². The van der Waals surface area contributed by atoms with E-state index in [0.717, 1.165) is 16.2 Å². The molecule has 1 aromatic carbocycles. The van der Waals surface area contributed by atoms with Gasteiger partial charge in [-0.2, -0.15) is 0 Å². The fraction of sp³-hybridized carbons (Fsp3) is 0.231. The fourth-order valence-corrected chi connectivity index (χ4v) is 2.76. The van der Waals surface area contributed by atoms with Crippen LogP contribution in [0.5, 0.6) is 5.75 Å². The largest absolute Gasteiger partial charge is 0.497 e. The Bertz CT molecular complexity index is 520. The average Bonchev–Trinajstić information content (AvgIpc) is 2.75. The van der Waals surface area contributed by atoms with Gasteiger partial charge in [-0.1, -0.05) is 22.0 Å². The minimum atomic E-state index is 0.0553. The molecule has 0 aliphatic heterocycles.